The molecule has 2 saturated heterocycles. The molecule has 2 heterocycles. The molecule has 2 fully saturated rings. The molecule has 0 spiro atoms. The zero-order valence-corrected chi connectivity index (χ0v) is 16.7. The Hall–Kier alpha value is -1.31. The second-order valence-corrected chi connectivity index (χ2v) is 9.80. The van der Waals surface area contributed by atoms with E-state index < -0.39 is 9.84 Å². The lowest BCUT2D eigenvalue weighted by Gasteiger charge is -2.35. The summed E-state index contributed by atoms with van der Waals surface area (Å²) in [6.07, 6.45) is 0.569. The second kappa shape index (κ2) is 8.15. The highest BCUT2D eigenvalue weighted by molar-refractivity contribution is 7.91. The summed E-state index contributed by atoms with van der Waals surface area (Å²) >= 11 is 6.07. The molecule has 0 unspecified atom stereocenters. The maximum Gasteiger partial charge on any atom is 0.278 e. The van der Waals surface area contributed by atoms with E-state index >= 15 is 0 Å². The van der Waals surface area contributed by atoms with Gasteiger partial charge in [0.15, 0.2) is 16.4 Å². The number of amides is 1. The smallest absolute Gasteiger partial charge is 0.278 e. The number of anilines is 1. The molecule has 0 aromatic heterocycles. The first kappa shape index (κ1) is 19.5. The largest absolute Gasteiger partial charge is 0.360 e. The lowest BCUT2D eigenvalue weighted by Crippen LogP contribution is -3.16. The van der Waals surface area contributed by atoms with E-state index in [1.165, 1.54) is 4.90 Å². The fourth-order valence-corrected chi connectivity index (χ4v) is 5.82. The number of nitrogens with zero attached hydrogens (tertiary/aromatic N) is 2. The van der Waals surface area contributed by atoms with Crippen LogP contribution in [-0.2, 0) is 14.6 Å². The quantitative estimate of drug-likeness (QED) is 0.760. The van der Waals surface area contributed by atoms with Crippen LogP contribution in [0, 0.1) is 0 Å². The number of sulfone groups is 1. The van der Waals surface area contributed by atoms with Crippen molar-refractivity contribution in [2.45, 2.75) is 19.4 Å². The number of benzene rings is 1. The minimum Gasteiger partial charge on any atom is -0.360 e. The van der Waals surface area contributed by atoms with E-state index in [0.717, 1.165) is 36.9 Å². The Kier molecular flexibility index (Phi) is 6.10. The molecule has 1 aromatic carbocycles. The molecule has 0 saturated carbocycles. The first-order valence-corrected chi connectivity index (χ1v) is 11.4. The van der Waals surface area contributed by atoms with Crippen molar-refractivity contribution < 1.29 is 18.1 Å². The molecule has 6 nitrogen and oxygen atoms in total. The van der Waals surface area contributed by atoms with E-state index in [-0.39, 0.29) is 23.5 Å². The fraction of sp³-hybridized carbons (Fsp3) is 0.611. The summed E-state index contributed by atoms with van der Waals surface area (Å²) in [7, 11) is -2.98. The van der Waals surface area contributed by atoms with Crippen molar-refractivity contribution >= 4 is 33.0 Å². The van der Waals surface area contributed by atoms with Crippen LogP contribution in [0.5, 0.6) is 0 Å². The van der Waals surface area contributed by atoms with Gasteiger partial charge in [0.1, 0.15) is 0 Å². The number of carbonyl (C=O) groups excluding carboxylic acids is 1. The number of likely N-dealkylation sites (N-methyl/N-ethyl adjacent to an activating group) is 1. The van der Waals surface area contributed by atoms with Crippen molar-refractivity contribution in [3.05, 3.63) is 29.3 Å². The molecule has 1 N–H and O–H groups in total. The van der Waals surface area contributed by atoms with E-state index in [2.05, 4.69) is 11.0 Å². The van der Waals surface area contributed by atoms with Gasteiger partial charge < -0.3 is 14.7 Å². The van der Waals surface area contributed by atoms with Gasteiger partial charge in [0.2, 0.25) is 0 Å². The van der Waals surface area contributed by atoms with Gasteiger partial charge >= 0.3 is 0 Å². The standard InChI is InChI=1S/C18H26ClN3O3S/c1-2-22(17-6-11-26(24,25)14-17)18(23)13-20-7-9-21(10-8-20)16-5-3-4-15(19)12-16/h3-5,12,17H,2,6-11,13-14H2,1H3/p+1/t17-/m0/s1. The Balaban J connectivity index is 1.52. The predicted molar refractivity (Wildman–Crippen MR) is 104 cm³/mol. The number of halogens is 1. The Morgan fingerprint density at radius 2 is 2.08 bits per heavy atom. The van der Waals surface area contributed by atoms with E-state index in [1.807, 2.05) is 25.1 Å². The van der Waals surface area contributed by atoms with Crippen LogP contribution in [0.4, 0.5) is 5.69 Å². The van der Waals surface area contributed by atoms with Crippen molar-refractivity contribution in [3.63, 3.8) is 0 Å². The molecule has 26 heavy (non-hydrogen) atoms. The Labute approximate surface area is 160 Å². The van der Waals surface area contributed by atoms with Crippen molar-refractivity contribution in [2.75, 3.05) is 55.7 Å². The summed E-state index contributed by atoms with van der Waals surface area (Å²) in [5.41, 5.74) is 1.12. The van der Waals surface area contributed by atoms with E-state index in [4.69, 9.17) is 11.6 Å². The molecule has 8 heteroatoms. The maximum absolute atomic E-state index is 12.7. The van der Waals surface area contributed by atoms with Crippen LogP contribution in [0.15, 0.2) is 24.3 Å². The van der Waals surface area contributed by atoms with Crippen molar-refractivity contribution in [2.24, 2.45) is 0 Å². The number of carbonyl (C=O) groups is 1. The zero-order valence-electron chi connectivity index (χ0n) is 15.2. The van der Waals surface area contributed by atoms with Gasteiger partial charge in [-0.25, -0.2) is 8.42 Å². The van der Waals surface area contributed by atoms with Crippen LogP contribution in [-0.4, -0.2) is 76.0 Å². The van der Waals surface area contributed by atoms with Gasteiger partial charge in [-0.05, 0) is 31.5 Å². The highest BCUT2D eigenvalue weighted by atomic mass is 35.5. The lowest BCUT2D eigenvalue weighted by molar-refractivity contribution is -0.892. The molecule has 0 radical (unpaired) electrons. The number of rotatable bonds is 5. The minimum absolute atomic E-state index is 0.0702. The van der Waals surface area contributed by atoms with Crippen LogP contribution in [0.2, 0.25) is 5.02 Å². The summed E-state index contributed by atoms with van der Waals surface area (Å²) in [4.78, 5) is 18.0. The van der Waals surface area contributed by atoms with Gasteiger partial charge in [0, 0.05) is 23.3 Å². The van der Waals surface area contributed by atoms with Gasteiger partial charge in [-0.15, -0.1) is 0 Å². The molecule has 1 aromatic rings. The van der Waals surface area contributed by atoms with Crippen molar-refractivity contribution in [1.29, 1.82) is 0 Å². The molecule has 1 atom stereocenters. The van der Waals surface area contributed by atoms with E-state index in [0.29, 0.717) is 19.5 Å². The summed E-state index contributed by atoms with van der Waals surface area (Å²) < 4.78 is 23.4. The summed E-state index contributed by atoms with van der Waals surface area (Å²) in [6, 6.07) is 7.70. The number of piperazine rings is 1. The third-order valence-corrected chi connectivity index (χ3v) is 7.34. The van der Waals surface area contributed by atoms with Crippen LogP contribution in [0.3, 0.4) is 0 Å². The molecule has 2 aliphatic heterocycles. The van der Waals surface area contributed by atoms with Crippen LogP contribution >= 0.6 is 11.6 Å². The number of hydrogen-bond donors (Lipinski definition) is 1. The Bertz CT molecular complexity index is 748. The average Bonchev–Trinajstić information content (AvgIpc) is 2.96. The van der Waals surface area contributed by atoms with Gasteiger partial charge in [-0.3, -0.25) is 4.79 Å². The highest BCUT2D eigenvalue weighted by Crippen LogP contribution is 2.19. The third-order valence-electron chi connectivity index (χ3n) is 5.36. The Morgan fingerprint density at radius 1 is 1.35 bits per heavy atom. The van der Waals surface area contributed by atoms with Crippen LogP contribution < -0.4 is 9.80 Å². The van der Waals surface area contributed by atoms with E-state index in [1.54, 1.807) is 4.90 Å². The molecular weight excluding hydrogens is 374 g/mol. The predicted octanol–water partition coefficient (Wildman–Crippen LogP) is 0.0805. The number of hydrogen-bond acceptors (Lipinski definition) is 4. The van der Waals surface area contributed by atoms with Gasteiger partial charge in [0.25, 0.3) is 5.91 Å². The summed E-state index contributed by atoms with van der Waals surface area (Å²) in [5, 5.41) is 0.734. The van der Waals surface area contributed by atoms with Crippen molar-refractivity contribution in [3.8, 4) is 0 Å². The van der Waals surface area contributed by atoms with Gasteiger partial charge in [-0.1, -0.05) is 17.7 Å². The minimum atomic E-state index is -2.98. The lowest BCUT2D eigenvalue weighted by atomic mass is 10.2. The third kappa shape index (κ3) is 4.69. The molecule has 3 rings (SSSR count). The SMILES string of the molecule is CCN(C(=O)C[NH+]1CCN(c2cccc(Cl)c2)CC1)[C@H]1CCS(=O)(=O)C1. The summed E-state index contributed by atoms with van der Waals surface area (Å²) in [5.74, 6) is 0.387. The maximum atomic E-state index is 12.7. The molecule has 0 bridgehead atoms. The first-order valence-electron chi connectivity index (χ1n) is 9.22. The first-order chi connectivity index (χ1) is 12.4. The van der Waals surface area contributed by atoms with Crippen LogP contribution in [0.25, 0.3) is 0 Å². The molecular formula is C18H27ClN3O3S+. The Morgan fingerprint density at radius 3 is 2.65 bits per heavy atom. The number of nitrogens with one attached hydrogen (secondary N) is 1. The van der Waals surface area contributed by atoms with E-state index in [9.17, 15) is 13.2 Å². The molecule has 0 aliphatic carbocycles. The molecule has 1 amide bonds. The van der Waals surface area contributed by atoms with Crippen LogP contribution in [0.1, 0.15) is 13.3 Å². The average molecular weight is 401 g/mol. The number of quaternary nitrogens is 1. The monoisotopic (exact) mass is 400 g/mol. The second-order valence-electron chi connectivity index (χ2n) is 7.13. The molecule has 2 aliphatic rings. The fourth-order valence-electron chi connectivity index (χ4n) is 3.91. The highest BCUT2D eigenvalue weighted by Gasteiger charge is 2.35. The zero-order chi connectivity index (χ0) is 18.7. The summed E-state index contributed by atoms with van der Waals surface area (Å²) in [6.45, 7) is 6.47. The topological polar surface area (TPSA) is 62.1 Å². The van der Waals surface area contributed by atoms with Gasteiger partial charge in [-0.2, -0.15) is 0 Å². The van der Waals surface area contributed by atoms with Crippen molar-refractivity contribution in [1.82, 2.24) is 4.90 Å². The normalized spacial score (nSPS) is 23.2. The molecule has 144 valence electrons. The van der Waals surface area contributed by atoms with Gasteiger partial charge in [0.05, 0.1) is 37.7 Å².